The van der Waals surface area contributed by atoms with Gasteiger partial charge in [0.25, 0.3) is 0 Å². The molecule has 130 valence electrons. The molecule has 1 aromatic carbocycles. The van der Waals surface area contributed by atoms with Crippen LogP contribution in [-0.2, 0) is 9.59 Å². The average Bonchev–Trinajstić information content (AvgIpc) is 2.59. The van der Waals surface area contributed by atoms with E-state index in [1.807, 2.05) is 0 Å². The second-order valence-electron chi connectivity index (χ2n) is 5.60. The van der Waals surface area contributed by atoms with Gasteiger partial charge in [-0.3, -0.25) is 9.59 Å². The van der Waals surface area contributed by atoms with Gasteiger partial charge in [0.05, 0.1) is 25.2 Å². The lowest BCUT2D eigenvalue weighted by Gasteiger charge is -2.30. The Bertz CT molecular complexity index is 660. The van der Waals surface area contributed by atoms with E-state index < -0.39 is 0 Å². The first-order chi connectivity index (χ1) is 11.5. The molecule has 24 heavy (non-hydrogen) atoms. The van der Waals surface area contributed by atoms with Gasteiger partial charge in [-0.1, -0.05) is 11.6 Å². The summed E-state index contributed by atoms with van der Waals surface area (Å²) in [6.07, 6.45) is 4.62. The fourth-order valence-electron chi connectivity index (χ4n) is 2.72. The molecule has 0 spiro atoms. The maximum absolute atomic E-state index is 12.3. The van der Waals surface area contributed by atoms with E-state index in [0.29, 0.717) is 29.6 Å². The molecule has 1 aromatic rings. The highest BCUT2D eigenvalue weighted by molar-refractivity contribution is 6.32. The number of benzene rings is 1. The van der Waals surface area contributed by atoms with Crippen molar-refractivity contribution < 1.29 is 19.1 Å². The van der Waals surface area contributed by atoms with Gasteiger partial charge < -0.3 is 20.1 Å². The molecule has 1 aliphatic rings. The van der Waals surface area contributed by atoms with Crippen LogP contribution in [0.25, 0.3) is 6.08 Å². The van der Waals surface area contributed by atoms with Crippen LogP contribution in [0.5, 0.6) is 11.5 Å². The van der Waals surface area contributed by atoms with Gasteiger partial charge in [-0.05, 0) is 36.6 Å². The van der Waals surface area contributed by atoms with Crippen LogP contribution in [0.2, 0.25) is 5.02 Å². The van der Waals surface area contributed by atoms with Gasteiger partial charge in [-0.25, -0.2) is 0 Å². The summed E-state index contributed by atoms with van der Waals surface area (Å²) < 4.78 is 10.4. The highest BCUT2D eigenvalue weighted by Gasteiger charge is 2.25. The van der Waals surface area contributed by atoms with Crippen molar-refractivity contribution in [2.24, 2.45) is 11.7 Å². The molecule has 1 saturated heterocycles. The van der Waals surface area contributed by atoms with Crippen molar-refractivity contribution in [1.82, 2.24) is 4.90 Å². The Kier molecular flexibility index (Phi) is 6.09. The Hall–Kier alpha value is -2.21. The number of carbonyl (C=O) groups is 2. The molecule has 0 saturated carbocycles. The number of rotatable bonds is 5. The van der Waals surface area contributed by atoms with E-state index in [9.17, 15) is 9.59 Å². The van der Waals surface area contributed by atoms with E-state index in [1.54, 1.807) is 23.1 Å². The number of likely N-dealkylation sites (tertiary alicyclic amines) is 1. The molecule has 1 aliphatic heterocycles. The summed E-state index contributed by atoms with van der Waals surface area (Å²) in [6.45, 7) is 0.991. The average molecular weight is 353 g/mol. The molecular weight excluding hydrogens is 332 g/mol. The first-order valence-corrected chi connectivity index (χ1v) is 8.02. The zero-order valence-electron chi connectivity index (χ0n) is 13.8. The minimum Gasteiger partial charge on any atom is -0.493 e. The van der Waals surface area contributed by atoms with Crippen LogP contribution in [0.3, 0.4) is 0 Å². The summed E-state index contributed by atoms with van der Waals surface area (Å²) in [7, 11) is 3.03. The molecule has 0 aromatic heterocycles. The normalized spacial score (nSPS) is 17.8. The molecule has 1 fully saturated rings. The van der Waals surface area contributed by atoms with Crippen molar-refractivity contribution in [1.29, 1.82) is 0 Å². The third-order valence-electron chi connectivity index (χ3n) is 4.01. The van der Waals surface area contributed by atoms with Gasteiger partial charge in [0.15, 0.2) is 11.5 Å². The van der Waals surface area contributed by atoms with Crippen molar-refractivity contribution in [3.05, 3.63) is 28.8 Å². The fraction of sp³-hybridized carbons (Fsp3) is 0.412. The lowest BCUT2D eigenvalue weighted by atomic mass is 9.97. The van der Waals surface area contributed by atoms with E-state index >= 15 is 0 Å². The summed E-state index contributed by atoms with van der Waals surface area (Å²) in [5.41, 5.74) is 6.05. The Labute approximate surface area is 146 Å². The zero-order valence-corrected chi connectivity index (χ0v) is 14.5. The van der Waals surface area contributed by atoms with E-state index in [-0.39, 0.29) is 17.7 Å². The summed E-state index contributed by atoms with van der Waals surface area (Å²) in [5.74, 6) is 0.147. The summed E-state index contributed by atoms with van der Waals surface area (Å²) in [5, 5.41) is 0.399. The molecule has 2 rings (SSSR count). The van der Waals surface area contributed by atoms with Crippen LogP contribution in [-0.4, -0.2) is 44.0 Å². The number of carbonyl (C=O) groups excluding carboxylic acids is 2. The van der Waals surface area contributed by atoms with Crippen molar-refractivity contribution in [2.45, 2.75) is 12.8 Å². The van der Waals surface area contributed by atoms with Crippen LogP contribution in [0.1, 0.15) is 18.4 Å². The van der Waals surface area contributed by atoms with Crippen molar-refractivity contribution in [2.75, 3.05) is 27.3 Å². The predicted octanol–water partition coefficient (Wildman–Crippen LogP) is 2.09. The number of methoxy groups -OCH3 is 2. The number of halogens is 1. The standard InChI is InChI=1S/C17H21ClN2O4/c1-23-14-9-11(8-13(18)16(14)24-2)5-6-15(21)20-7-3-4-12(10-20)17(19)22/h5-6,8-9,12H,3-4,7,10H2,1-2H3,(H2,19,22). The van der Waals surface area contributed by atoms with Gasteiger partial charge in [-0.15, -0.1) is 0 Å². The minimum atomic E-state index is -0.358. The molecule has 1 unspecified atom stereocenters. The molecule has 0 bridgehead atoms. The van der Waals surface area contributed by atoms with E-state index in [0.717, 1.165) is 18.4 Å². The maximum atomic E-state index is 12.3. The molecule has 0 radical (unpaired) electrons. The molecule has 2 amide bonds. The van der Waals surface area contributed by atoms with Crippen molar-refractivity contribution in [3.63, 3.8) is 0 Å². The first kappa shape index (κ1) is 18.1. The maximum Gasteiger partial charge on any atom is 0.246 e. The number of nitrogens with zero attached hydrogens (tertiary/aromatic N) is 1. The largest absolute Gasteiger partial charge is 0.493 e. The first-order valence-electron chi connectivity index (χ1n) is 7.64. The van der Waals surface area contributed by atoms with Gasteiger partial charge in [0.1, 0.15) is 0 Å². The van der Waals surface area contributed by atoms with Crippen LogP contribution in [0, 0.1) is 5.92 Å². The third-order valence-corrected chi connectivity index (χ3v) is 4.29. The topological polar surface area (TPSA) is 81.9 Å². The molecule has 2 N–H and O–H groups in total. The van der Waals surface area contributed by atoms with Gasteiger partial charge in [-0.2, -0.15) is 0 Å². The summed E-state index contributed by atoms with van der Waals surface area (Å²) >= 11 is 6.15. The number of hydrogen-bond acceptors (Lipinski definition) is 4. The van der Waals surface area contributed by atoms with Gasteiger partial charge in [0.2, 0.25) is 11.8 Å². The number of ether oxygens (including phenoxy) is 2. The molecular formula is C17H21ClN2O4. The SMILES string of the molecule is COc1cc(C=CC(=O)N2CCCC(C(N)=O)C2)cc(Cl)c1OC. The molecule has 7 heteroatoms. The second-order valence-corrected chi connectivity index (χ2v) is 6.00. The summed E-state index contributed by atoms with van der Waals surface area (Å²) in [4.78, 5) is 25.2. The number of nitrogens with two attached hydrogens (primary N) is 1. The lowest BCUT2D eigenvalue weighted by molar-refractivity contribution is -0.130. The Morgan fingerprint density at radius 2 is 2.08 bits per heavy atom. The van der Waals surface area contributed by atoms with Crippen LogP contribution < -0.4 is 15.2 Å². The lowest BCUT2D eigenvalue weighted by Crippen LogP contribution is -2.43. The number of primary amides is 1. The predicted molar refractivity (Wildman–Crippen MR) is 92.1 cm³/mol. The van der Waals surface area contributed by atoms with Crippen molar-refractivity contribution >= 4 is 29.5 Å². The highest BCUT2D eigenvalue weighted by atomic mass is 35.5. The highest BCUT2D eigenvalue weighted by Crippen LogP contribution is 2.36. The van der Waals surface area contributed by atoms with Crippen LogP contribution >= 0.6 is 11.6 Å². The molecule has 1 atom stereocenters. The fourth-order valence-corrected chi connectivity index (χ4v) is 3.01. The van der Waals surface area contributed by atoms with E-state index in [4.69, 9.17) is 26.8 Å². The smallest absolute Gasteiger partial charge is 0.246 e. The third kappa shape index (κ3) is 4.20. The molecule has 0 aliphatic carbocycles. The van der Waals surface area contributed by atoms with E-state index in [1.165, 1.54) is 20.3 Å². The van der Waals surface area contributed by atoms with Crippen molar-refractivity contribution in [3.8, 4) is 11.5 Å². The molecule has 6 nitrogen and oxygen atoms in total. The van der Waals surface area contributed by atoms with E-state index in [2.05, 4.69) is 0 Å². The van der Waals surface area contributed by atoms with Gasteiger partial charge >= 0.3 is 0 Å². The summed E-state index contributed by atoms with van der Waals surface area (Å²) in [6, 6.07) is 3.42. The zero-order chi connectivity index (χ0) is 17.7. The van der Waals surface area contributed by atoms with Crippen LogP contribution in [0.15, 0.2) is 18.2 Å². The number of amides is 2. The number of hydrogen-bond donors (Lipinski definition) is 1. The Balaban J connectivity index is 2.11. The molecule has 1 heterocycles. The minimum absolute atomic E-state index is 0.160. The van der Waals surface area contributed by atoms with Gasteiger partial charge in [0, 0.05) is 19.2 Å². The second kappa shape index (κ2) is 8.06. The quantitative estimate of drug-likeness (QED) is 0.823. The Morgan fingerprint density at radius 1 is 1.33 bits per heavy atom. The Morgan fingerprint density at radius 3 is 2.71 bits per heavy atom. The monoisotopic (exact) mass is 352 g/mol. The van der Waals surface area contributed by atoms with Crippen LogP contribution in [0.4, 0.5) is 0 Å². The number of piperidine rings is 1.